The van der Waals surface area contributed by atoms with Crippen LogP contribution in [0, 0.1) is 5.92 Å². The van der Waals surface area contributed by atoms with Crippen molar-refractivity contribution in [2.45, 2.75) is 19.8 Å². The molecule has 1 unspecified atom stereocenters. The van der Waals surface area contributed by atoms with Crippen molar-refractivity contribution >= 4 is 28.5 Å². The van der Waals surface area contributed by atoms with Gasteiger partial charge in [0, 0.05) is 18.1 Å². The largest absolute Gasteiger partial charge is 0.481 e. The lowest BCUT2D eigenvalue weighted by Gasteiger charge is -2.08. The van der Waals surface area contributed by atoms with Crippen LogP contribution in [-0.4, -0.2) is 26.8 Å². The third-order valence-corrected chi connectivity index (χ3v) is 4.36. The Kier molecular flexibility index (Phi) is 5.02. The van der Waals surface area contributed by atoms with Crippen molar-refractivity contribution in [3.05, 3.63) is 59.8 Å². The van der Waals surface area contributed by atoms with Crippen molar-refractivity contribution in [2.24, 2.45) is 13.0 Å². The van der Waals surface area contributed by atoms with Crippen LogP contribution in [0.3, 0.4) is 0 Å². The molecule has 1 amide bonds. The number of carbonyl (C=O) groups excluding carboxylic acids is 1. The van der Waals surface area contributed by atoms with Gasteiger partial charge in [0.15, 0.2) is 0 Å². The summed E-state index contributed by atoms with van der Waals surface area (Å²) in [6.45, 7) is 1.68. The number of nitrogens with zero attached hydrogens (tertiary/aromatic N) is 2. The Labute approximate surface area is 151 Å². The van der Waals surface area contributed by atoms with Gasteiger partial charge in [-0.1, -0.05) is 37.3 Å². The molecular weight excluding hydrogens is 330 g/mol. The number of fused-ring (bicyclic) bond motifs is 1. The molecule has 1 aromatic heterocycles. The van der Waals surface area contributed by atoms with Crippen LogP contribution < -0.4 is 5.32 Å². The number of nitrogens with one attached hydrogen (secondary N) is 1. The van der Waals surface area contributed by atoms with Crippen molar-refractivity contribution in [2.75, 3.05) is 5.32 Å². The summed E-state index contributed by atoms with van der Waals surface area (Å²) in [6.07, 6.45) is 0.655. The molecule has 2 N–H and O–H groups in total. The van der Waals surface area contributed by atoms with Crippen LogP contribution in [0.25, 0.3) is 10.9 Å². The number of hydrogen-bond donors (Lipinski definition) is 2. The fourth-order valence-corrected chi connectivity index (χ4v) is 2.94. The minimum atomic E-state index is -0.815. The molecule has 0 aliphatic carbocycles. The molecule has 26 heavy (non-hydrogen) atoms. The zero-order chi connectivity index (χ0) is 18.7. The van der Waals surface area contributed by atoms with Gasteiger partial charge in [0.05, 0.1) is 23.5 Å². The van der Waals surface area contributed by atoms with E-state index in [-0.39, 0.29) is 12.3 Å². The fraction of sp³-hybridized carbons (Fsp3) is 0.250. The molecule has 6 nitrogen and oxygen atoms in total. The Bertz CT molecular complexity index is 945. The van der Waals surface area contributed by atoms with Crippen LogP contribution in [0.4, 0.5) is 5.69 Å². The minimum Gasteiger partial charge on any atom is -0.481 e. The quantitative estimate of drug-likeness (QED) is 0.715. The average molecular weight is 351 g/mol. The van der Waals surface area contributed by atoms with Gasteiger partial charge in [0.1, 0.15) is 0 Å². The molecule has 0 radical (unpaired) electrons. The molecule has 1 atom stereocenters. The van der Waals surface area contributed by atoms with Gasteiger partial charge in [0.25, 0.3) is 0 Å². The monoisotopic (exact) mass is 351 g/mol. The second-order valence-electron chi connectivity index (χ2n) is 6.45. The highest BCUT2D eigenvalue weighted by molar-refractivity contribution is 5.95. The van der Waals surface area contributed by atoms with Crippen molar-refractivity contribution in [1.29, 1.82) is 0 Å². The topological polar surface area (TPSA) is 84.2 Å². The number of benzene rings is 2. The number of aromatic nitrogens is 2. The van der Waals surface area contributed by atoms with Crippen molar-refractivity contribution in [3.63, 3.8) is 0 Å². The van der Waals surface area contributed by atoms with Crippen LogP contribution in [0.15, 0.2) is 48.5 Å². The van der Waals surface area contributed by atoms with Crippen LogP contribution in [-0.2, 0) is 29.5 Å². The second kappa shape index (κ2) is 7.39. The van der Waals surface area contributed by atoms with Crippen LogP contribution in [0.2, 0.25) is 0 Å². The summed E-state index contributed by atoms with van der Waals surface area (Å²) in [6, 6.07) is 15.1. The van der Waals surface area contributed by atoms with Gasteiger partial charge in [0.2, 0.25) is 5.91 Å². The highest BCUT2D eigenvalue weighted by atomic mass is 16.4. The molecule has 3 aromatic rings. The van der Waals surface area contributed by atoms with Crippen molar-refractivity contribution in [1.82, 2.24) is 9.78 Å². The van der Waals surface area contributed by atoms with E-state index in [2.05, 4.69) is 10.4 Å². The van der Waals surface area contributed by atoms with Crippen molar-refractivity contribution in [3.8, 4) is 0 Å². The third-order valence-electron chi connectivity index (χ3n) is 4.36. The number of anilines is 1. The first-order valence-corrected chi connectivity index (χ1v) is 8.46. The second-order valence-corrected chi connectivity index (χ2v) is 6.45. The molecule has 134 valence electrons. The van der Waals surface area contributed by atoms with Gasteiger partial charge >= 0.3 is 5.97 Å². The number of para-hydroxylation sites is 1. The number of rotatable bonds is 6. The van der Waals surface area contributed by atoms with E-state index in [1.807, 2.05) is 43.4 Å². The van der Waals surface area contributed by atoms with Gasteiger partial charge in [-0.15, -0.1) is 0 Å². The number of carboxylic acid groups (broad SMARTS) is 1. The van der Waals surface area contributed by atoms with Crippen molar-refractivity contribution < 1.29 is 14.7 Å². The van der Waals surface area contributed by atoms with Gasteiger partial charge in [-0.2, -0.15) is 5.10 Å². The average Bonchev–Trinajstić information content (AvgIpc) is 2.92. The lowest BCUT2D eigenvalue weighted by Crippen LogP contribution is -2.15. The Morgan fingerprint density at radius 3 is 2.54 bits per heavy atom. The maximum absolute atomic E-state index is 12.3. The van der Waals surface area contributed by atoms with E-state index in [1.54, 1.807) is 23.7 Å². The molecular formula is C20H21N3O3. The summed E-state index contributed by atoms with van der Waals surface area (Å²) in [4.78, 5) is 23.3. The number of carbonyl (C=O) groups is 2. The van der Waals surface area contributed by atoms with E-state index < -0.39 is 11.9 Å². The van der Waals surface area contributed by atoms with E-state index in [9.17, 15) is 9.59 Å². The lowest BCUT2D eigenvalue weighted by molar-refractivity contribution is -0.141. The molecule has 0 saturated heterocycles. The Hall–Kier alpha value is -3.15. The number of aliphatic carboxylic acids is 1. The number of aryl methyl sites for hydroxylation is 1. The van der Waals surface area contributed by atoms with Gasteiger partial charge in [-0.05, 0) is 30.2 Å². The maximum Gasteiger partial charge on any atom is 0.306 e. The number of carboxylic acids is 1. The summed E-state index contributed by atoms with van der Waals surface area (Å²) in [5.74, 6) is -1.39. The molecule has 0 aliphatic heterocycles. The SMILES string of the molecule is CC(Cc1ccc(NC(=O)Cc2nn(C)c3ccccc23)cc1)C(=O)O. The highest BCUT2D eigenvalue weighted by Gasteiger charge is 2.13. The summed E-state index contributed by atoms with van der Waals surface area (Å²) in [5.41, 5.74) is 3.34. The number of amides is 1. The molecule has 1 heterocycles. The third kappa shape index (κ3) is 3.91. The minimum absolute atomic E-state index is 0.138. The summed E-state index contributed by atoms with van der Waals surface area (Å²) in [5, 5.41) is 17.2. The number of hydrogen-bond acceptors (Lipinski definition) is 3. The Morgan fingerprint density at radius 1 is 1.15 bits per heavy atom. The van der Waals surface area contributed by atoms with Gasteiger partial charge in [-0.3, -0.25) is 14.3 Å². The Balaban J connectivity index is 1.65. The van der Waals surface area contributed by atoms with E-state index in [4.69, 9.17) is 5.11 Å². The van der Waals surface area contributed by atoms with Crippen LogP contribution in [0.1, 0.15) is 18.2 Å². The summed E-state index contributed by atoms with van der Waals surface area (Å²) < 4.78 is 1.77. The zero-order valence-corrected chi connectivity index (χ0v) is 14.8. The molecule has 0 fully saturated rings. The first-order valence-electron chi connectivity index (χ1n) is 8.46. The molecule has 0 spiro atoms. The molecule has 0 bridgehead atoms. The van der Waals surface area contributed by atoms with E-state index in [0.29, 0.717) is 12.1 Å². The highest BCUT2D eigenvalue weighted by Crippen LogP contribution is 2.19. The summed E-state index contributed by atoms with van der Waals surface area (Å²) >= 11 is 0. The Morgan fingerprint density at radius 2 is 1.85 bits per heavy atom. The van der Waals surface area contributed by atoms with Crippen LogP contribution >= 0.6 is 0 Å². The standard InChI is InChI=1S/C20H21N3O3/c1-13(20(25)26)11-14-7-9-15(10-8-14)21-19(24)12-17-16-5-3-4-6-18(16)23(2)22-17/h3-10,13H,11-12H2,1-2H3,(H,21,24)(H,25,26). The molecule has 0 saturated carbocycles. The molecule has 3 rings (SSSR count). The normalized spacial score (nSPS) is 12.1. The maximum atomic E-state index is 12.3. The molecule has 6 heteroatoms. The first-order chi connectivity index (χ1) is 12.4. The van der Waals surface area contributed by atoms with E-state index in [0.717, 1.165) is 22.2 Å². The first kappa shape index (κ1) is 17.7. The van der Waals surface area contributed by atoms with E-state index in [1.165, 1.54) is 0 Å². The smallest absolute Gasteiger partial charge is 0.306 e. The van der Waals surface area contributed by atoms with E-state index >= 15 is 0 Å². The molecule has 0 aliphatic rings. The fourth-order valence-electron chi connectivity index (χ4n) is 2.94. The predicted molar refractivity (Wildman–Crippen MR) is 100.0 cm³/mol. The lowest BCUT2D eigenvalue weighted by atomic mass is 10.0. The predicted octanol–water partition coefficient (Wildman–Crippen LogP) is 3.02. The molecule has 2 aromatic carbocycles. The summed E-state index contributed by atoms with van der Waals surface area (Å²) in [7, 11) is 1.86. The van der Waals surface area contributed by atoms with Gasteiger partial charge < -0.3 is 10.4 Å². The van der Waals surface area contributed by atoms with Gasteiger partial charge in [-0.25, -0.2) is 0 Å². The van der Waals surface area contributed by atoms with Crippen LogP contribution in [0.5, 0.6) is 0 Å². The zero-order valence-electron chi connectivity index (χ0n) is 14.8.